The highest BCUT2D eigenvalue weighted by atomic mass is 17.2. The molecule has 0 N–H and O–H groups in total. The molecule has 0 amide bonds. The van der Waals surface area contributed by atoms with E-state index in [9.17, 15) is 0 Å². The highest BCUT2D eigenvalue weighted by Gasteiger charge is 2.33. The lowest BCUT2D eigenvalue weighted by atomic mass is 10.0. The second-order valence-electron chi connectivity index (χ2n) is 10.5. The summed E-state index contributed by atoms with van der Waals surface area (Å²) in [4.78, 5) is 21.5. The average molecular weight is 547 g/mol. The predicted molar refractivity (Wildman–Crippen MR) is 150 cm³/mol. The van der Waals surface area contributed by atoms with Crippen LogP contribution in [0.15, 0.2) is 86.0 Å². The van der Waals surface area contributed by atoms with Crippen molar-refractivity contribution < 1.29 is 38.5 Å². The smallest absolute Gasteiger partial charge is 0.196 e. The summed E-state index contributed by atoms with van der Waals surface area (Å²) in [7, 11) is 0. The first-order valence-corrected chi connectivity index (χ1v) is 13.1. The summed E-state index contributed by atoms with van der Waals surface area (Å²) in [5.41, 5.74) is 3.38. The summed E-state index contributed by atoms with van der Waals surface area (Å²) < 4.78 is 23.3. The van der Waals surface area contributed by atoms with Gasteiger partial charge in [-0.25, -0.2) is 19.6 Å². The molecule has 0 radical (unpaired) electrons. The maximum atomic E-state index is 6.00. The molecule has 2 unspecified atom stereocenters. The molecule has 3 aromatic carbocycles. The fraction of sp³-hybridized carbons (Fsp3) is 0.312. The van der Waals surface area contributed by atoms with Crippen molar-refractivity contribution in [1.82, 2.24) is 0 Å². The quantitative estimate of drug-likeness (QED) is 0.270. The molecule has 2 heterocycles. The van der Waals surface area contributed by atoms with Crippen LogP contribution < -0.4 is 9.47 Å². The molecule has 2 fully saturated rings. The van der Waals surface area contributed by atoms with Crippen molar-refractivity contribution in [2.75, 3.05) is 13.2 Å². The molecule has 0 bridgehead atoms. The molecule has 2 aliphatic heterocycles. The molecule has 2 aliphatic rings. The Labute approximate surface area is 234 Å². The highest BCUT2D eigenvalue weighted by Crippen LogP contribution is 2.32. The minimum Gasteiger partial charge on any atom is -0.457 e. The van der Waals surface area contributed by atoms with E-state index in [2.05, 4.69) is 13.2 Å². The van der Waals surface area contributed by atoms with Gasteiger partial charge in [-0.1, -0.05) is 37.4 Å². The Morgan fingerprint density at radius 1 is 0.575 bits per heavy atom. The van der Waals surface area contributed by atoms with Gasteiger partial charge in [0.25, 0.3) is 0 Å². The van der Waals surface area contributed by atoms with Crippen LogP contribution in [0.5, 0.6) is 23.0 Å². The third-order valence-corrected chi connectivity index (χ3v) is 6.42. The van der Waals surface area contributed by atoms with Gasteiger partial charge in [0.2, 0.25) is 0 Å². The largest absolute Gasteiger partial charge is 0.457 e. The van der Waals surface area contributed by atoms with E-state index in [1.807, 2.05) is 72.8 Å². The summed E-state index contributed by atoms with van der Waals surface area (Å²) in [6.45, 7) is 16.2. The molecule has 3 aromatic rings. The number of rotatable bonds is 8. The molecule has 8 heteroatoms. The van der Waals surface area contributed by atoms with Crippen LogP contribution in [0.1, 0.15) is 38.8 Å². The molecule has 2 atom stereocenters. The minimum absolute atomic E-state index is 0.370. The fourth-order valence-electron chi connectivity index (χ4n) is 4.02. The average Bonchev–Trinajstić information content (AvgIpc) is 2.94. The van der Waals surface area contributed by atoms with Gasteiger partial charge >= 0.3 is 0 Å². The van der Waals surface area contributed by atoms with Gasteiger partial charge in [0.15, 0.2) is 11.6 Å². The van der Waals surface area contributed by atoms with Crippen LogP contribution >= 0.6 is 0 Å². The maximum Gasteiger partial charge on any atom is 0.196 e. The zero-order valence-electron chi connectivity index (χ0n) is 23.2. The van der Waals surface area contributed by atoms with Crippen LogP contribution in [0.25, 0.3) is 11.1 Å². The van der Waals surface area contributed by atoms with Gasteiger partial charge < -0.3 is 18.9 Å². The second kappa shape index (κ2) is 11.5. The maximum absolute atomic E-state index is 6.00. The van der Waals surface area contributed by atoms with Crippen molar-refractivity contribution in [2.45, 2.75) is 51.5 Å². The van der Waals surface area contributed by atoms with Gasteiger partial charge in [0.05, 0.1) is 13.2 Å². The van der Waals surface area contributed by atoms with Gasteiger partial charge in [0, 0.05) is 0 Å². The van der Waals surface area contributed by atoms with E-state index in [1.165, 1.54) is 0 Å². The van der Waals surface area contributed by atoms with Crippen molar-refractivity contribution in [3.8, 4) is 23.0 Å². The van der Waals surface area contributed by atoms with Crippen molar-refractivity contribution in [3.63, 3.8) is 0 Å². The Kier molecular flexibility index (Phi) is 8.09. The second-order valence-corrected chi connectivity index (χ2v) is 10.5. The van der Waals surface area contributed by atoms with E-state index in [0.717, 1.165) is 22.3 Å². The van der Waals surface area contributed by atoms with Gasteiger partial charge in [0.1, 0.15) is 35.2 Å². The van der Waals surface area contributed by atoms with Crippen LogP contribution in [0.2, 0.25) is 0 Å². The third kappa shape index (κ3) is 6.98. The summed E-state index contributed by atoms with van der Waals surface area (Å²) in [6, 6.07) is 22.7. The number of benzene rings is 3. The number of hydrogen-bond donors (Lipinski definition) is 0. The first-order valence-electron chi connectivity index (χ1n) is 13.1. The zero-order chi connectivity index (χ0) is 28.3. The third-order valence-electron chi connectivity index (χ3n) is 6.42. The van der Waals surface area contributed by atoms with E-state index < -0.39 is 11.6 Å². The summed E-state index contributed by atoms with van der Waals surface area (Å²) in [5.74, 6) is 1.24. The molecule has 210 valence electrons. The monoisotopic (exact) mass is 546 g/mol. The van der Waals surface area contributed by atoms with E-state index in [0.29, 0.717) is 36.2 Å². The molecule has 0 aromatic heterocycles. The van der Waals surface area contributed by atoms with Crippen LogP contribution in [-0.4, -0.2) is 37.0 Å². The molecule has 5 rings (SSSR count). The molecule has 8 nitrogen and oxygen atoms in total. The van der Waals surface area contributed by atoms with Gasteiger partial charge in [-0.05, 0) is 98.5 Å². The van der Waals surface area contributed by atoms with E-state index in [-0.39, 0.29) is 12.2 Å². The molecule has 0 spiro atoms. The van der Waals surface area contributed by atoms with Crippen molar-refractivity contribution in [3.05, 3.63) is 97.1 Å². The first kappa shape index (κ1) is 28.0. The Balaban J connectivity index is 1.12. The van der Waals surface area contributed by atoms with Crippen molar-refractivity contribution in [2.24, 2.45) is 0 Å². The van der Waals surface area contributed by atoms with Crippen LogP contribution in [0, 0.1) is 0 Å². The zero-order valence-corrected chi connectivity index (χ0v) is 23.2. The fourth-order valence-corrected chi connectivity index (χ4v) is 4.02. The van der Waals surface area contributed by atoms with Gasteiger partial charge in [-0.3, -0.25) is 0 Å². The van der Waals surface area contributed by atoms with Crippen molar-refractivity contribution in [1.29, 1.82) is 0 Å². The Hall–Kier alpha value is -3.50. The lowest BCUT2D eigenvalue weighted by Gasteiger charge is -2.34. The minimum atomic E-state index is -0.760. The van der Waals surface area contributed by atoms with Crippen molar-refractivity contribution >= 4 is 11.1 Å². The summed E-state index contributed by atoms with van der Waals surface area (Å²) >= 11 is 0. The molecule has 40 heavy (non-hydrogen) atoms. The van der Waals surface area contributed by atoms with Gasteiger partial charge in [-0.2, -0.15) is 0 Å². The molecular formula is C32H34O8. The topological polar surface area (TPSA) is 73.8 Å². The molecule has 0 aliphatic carbocycles. The summed E-state index contributed by atoms with van der Waals surface area (Å²) in [6.07, 6.45) is -0.741. The SMILES string of the molecule is C=C(c1ccc(Oc2ccc(Oc3ccc(C(=C)C4COC(C)(C)OO4)cc3)cc2)cc1)C1COC(C)(C)OO1. The molecule has 2 saturated heterocycles. The predicted octanol–water partition coefficient (Wildman–Crippen LogP) is 7.46. The molecular weight excluding hydrogens is 512 g/mol. The summed E-state index contributed by atoms with van der Waals surface area (Å²) in [5, 5.41) is 0. The van der Waals surface area contributed by atoms with Crippen LogP contribution in [0.4, 0.5) is 0 Å². The van der Waals surface area contributed by atoms with Gasteiger partial charge in [-0.15, -0.1) is 0 Å². The number of hydrogen-bond acceptors (Lipinski definition) is 8. The highest BCUT2D eigenvalue weighted by molar-refractivity contribution is 5.68. The van der Waals surface area contributed by atoms with E-state index in [1.54, 1.807) is 27.7 Å². The van der Waals surface area contributed by atoms with Crippen LogP contribution in [0.3, 0.4) is 0 Å². The normalized spacial score (nSPS) is 21.8. The van der Waals surface area contributed by atoms with E-state index in [4.69, 9.17) is 38.5 Å². The number of ether oxygens (including phenoxy) is 4. The lowest BCUT2D eigenvalue weighted by molar-refractivity contribution is -0.467. The van der Waals surface area contributed by atoms with Crippen LogP contribution in [-0.2, 0) is 29.0 Å². The Bertz CT molecular complexity index is 1200. The Morgan fingerprint density at radius 2 is 0.875 bits per heavy atom. The standard InChI is InChI=1S/C32H34O8/c1-21(29-19-33-31(3,4)39-37-29)23-7-11-25(12-8-23)35-27-15-17-28(18-16-27)36-26-13-9-24(10-14-26)22(2)30-20-34-32(5,6)40-38-30/h7-18,29-30H,1-2,19-20H2,3-6H3. The Morgan fingerprint density at radius 3 is 1.15 bits per heavy atom. The first-order chi connectivity index (χ1) is 19.1. The molecule has 0 saturated carbocycles. The lowest BCUT2D eigenvalue weighted by Crippen LogP contribution is -2.40. The van der Waals surface area contributed by atoms with E-state index >= 15 is 0 Å².